The first-order valence-electron chi connectivity index (χ1n) is 6.55. The molecule has 0 heterocycles. The van der Waals surface area contributed by atoms with Crippen molar-refractivity contribution in [3.63, 3.8) is 0 Å². The number of carbonyl (C=O) groups excluding carboxylic acids is 1. The predicted octanol–water partition coefficient (Wildman–Crippen LogP) is 2.95. The van der Waals surface area contributed by atoms with E-state index >= 15 is 0 Å². The van der Waals surface area contributed by atoms with Gasteiger partial charge in [0, 0.05) is 24.5 Å². The lowest BCUT2D eigenvalue weighted by molar-refractivity contribution is -0.113. The highest BCUT2D eigenvalue weighted by atomic mass is 16.5. The minimum atomic E-state index is -0.109. The molecule has 4 nitrogen and oxygen atoms in total. The Balaban J connectivity index is 2.08. The number of methoxy groups -OCH3 is 1. The van der Waals surface area contributed by atoms with Crippen LogP contribution in [0, 0.1) is 0 Å². The highest BCUT2D eigenvalue weighted by Crippen LogP contribution is 2.18. The van der Waals surface area contributed by atoms with Crippen LogP contribution in [-0.4, -0.2) is 20.1 Å². The molecule has 4 heteroatoms. The lowest BCUT2D eigenvalue weighted by Crippen LogP contribution is -2.23. The second-order valence-corrected chi connectivity index (χ2v) is 4.60. The molecule has 1 amide bonds. The van der Waals surface area contributed by atoms with Crippen LogP contribution in [0.1, 0.15) is 5.56 Å². The Hall–Kier alpha value is -2.75. The molecule has 0 fully saturated rings. The van der Waals surface area contributed by atoms with Crippen LogP contribution in [0.15, 0.2) is 54.6 Å². The molecule has 0 aliphatic heterocycles. The van der Waals surface area contributed by atoms with Crippen molar-refractivity contribution in [2.75, 3.05) is 24.8 Å². The van der Waals surface area contributed by atoms with E-state index in [1.165, 1.54) is 6.08 Å². The summed E-state index contributed by atoms with van der Waals surface area (Å²) in [4.78, 5) is 13.7. The fourth-order valence-electron chi connectivity index (χ4n) is 1.88. The van der Waals surface area contributed by atoms with Gasteiger partial charge in [-0.15, -0.1) is 0 Å². The van der Waals surface area contributed by atoms with Gasteiger partial charge in [0.2, 0.25) is 0 Å². The van der Waals surface area contributed by atoms with Crippen molar-refractivity contribution in [3.05, 3.63) is 60.2 Å². The number of carbonyl (C=O) groups is 1. The van der Waals surface area contributed by atoms with Gasteiger partial charge >= 0.3 is 0 Å². The highest BCUT2D eigenvalue weighted by Gasteiger charge is 2.07. The third kappa shape index (κ3) is 3.86. The zero-order valence-corrected chi connectivity index (χ0v) is 12.1. The topological polar surface area (TPSA) is 55.6 Å². The summed E-state index contributed by atoms with van der Waals surface area (Å²) in [6.45, 7) is 0. The lowest BCUT2D eigenvalue weighted by Gasteiger charge is -2.15. The monoisotopic (exact) mass is 282 g/mol. The fourth-order valence-corrected chi connectivity index (χ4v) is 1.88. The number of ether oxygens (including phenoxy) is 1. The van der Waals surface area contributed by atoms with E-state index in [4.69, 9.17) is 10.5 Å². The molecule has 0 saturated carbocycles. The maximum atomic E-state index is 12.1. The van der Waals surface area contributed by atoms with E-state index in [1.807, 2.05) is 48.5 Å². The summed E-state index contributed by atoms with van der Waals surface area (Å²) in [5, 5.41) is 0. The lowest BCUT2D eigenvalue weighted by atomic mass is 10.2. The molecule has 0 radical (unpaired) electrons. The Morgan fingerprint density at radius 2 is 1.90 bits per heavy atom. The summed E-state index contributed by atoms with van der Waals surface area (Å²) in [5.41, 5.74) is 8.07. The third-order valence-corrected chi connectivity index (χ3v) is 3.12. The standard InChI is InChI=1S/C17H18N2O2/c1-19(15-7-9-16(21-2)10-8-15)17(20)11-6-13-4-3-5-14(18)12-13/h3-12H,18H2,1-2H3/b11-6+. The molecule has 0 saturated heterocycles. The average molecular weight is 282 g/mol. The normalized spacial score (nSPS) is 10.6. The molecule has 2 aromatic rings. The molecule has 0 unspecified atom stereocenters. The second-order valence-electron chi connectivity index (χ2n) is 4.60. The van der Waals surface area contributed by atoms with Gasteiger partial charge in [0.15, 0.2) is 0 Å². The van der Waals surface area contributed by atoms with Gasteiger partial charge in [-0.1, -0.05) is 12.1 Å². The van der Waals surface area contributed by atoms with Gasteiger partial charge in [0.25, 0.3) is 5.91 Å². The average Bonchev–Trinajstić information content (AvgIpc) is 2.52. The van der Waals surface area contributed by atoms with Crippen molar-refractivity contribution in [1.82, 2.24) is 0 Å². The van der Waals surface area contributed by atoms with Gasteiger partial charge in [-0.05, 0) is 48.0 Å². The van der Waals surface area contributed by atoms with Crippen LogP contribution < -0.4 is 15.4 Å². The number of hydrogen-bond donors (Lipinski definition) is 1. The summed E-state index contributed by atoms with van der Waals surface area (Å²) >= 11 is 0. The SMILES string of the molecule is COc1ccc(N(C)C(=O)/C=C/c2cccc(N)c2)cc1. The number of hydrogen-bond acceptors (Lipinski definition) is 3. The maximum absolute atomic E-state index is 12.1. The summed E-state index contributed by atoms with van der Waals surface area (Å²) in [6.07, 6.45) is 3.28. The third-order valence-electron chi connectivity index (χ3n) is 3.12. The molecule has 21 heavy (non-hydrogen) atoms. The maximum Gasteiger partial charge on any atom is 0.250 e. The van der Waals surface area contributed by atoms with E-state index in [0.717, 1.165) is 17.0 Å². The largest absolute Gasteiger partial charge is 0.497 e. The van der Waals surface area contributed by atoms with Crippen LogP contribution >= 0.6 is 0 Å². The van der Waals surface area contributed by atoms with Crippen molar-refractivity contribution < 1.29 is 9.53 Å². The van der Waals surface area contributed by atoms with Crippen LogP contribution in [0.4, 0.5) is 11.4 Å². The molecular formula is C17H18N2O2. The molecule has 0 atom stereocenters. The molecule has 0 aromatic heterocycles. The highest BCUT2D eigenvalue weighted by molar-refractivity contribution is 6.03. The van der Waals surface area contributed by atoms with Gasteiger partial charge in [-0.2, -0.15) is 0 Å². The van der Waals surface area contributed by atoms with Gasteiger partial charge < -0.3 is 15.4 Å². The predicted molar refractivity (Wildman–Crippen MR) is 86.3 cm³/mol. The first-order chi connectivity index (χ1) is 10.1. The van der Waals surface area contributed by atoms with Crippen LogP contribution in [0.25, 0.3) is 6.08 Å². The zero-order chi connectivity index (χ0) is 15.2. The van der Waals surface area contributed by atoms with Crippen LogP contribution in [0.5, 0.6) is 5.75 Å². The molecule has 0 aliphatic rings. The van der Waals surface area contributed by atoms with Gasteiger partial charge in [0.1, 0.15) is 5.75 Å². The van der Waals surface area contributed by atoms with Gasteiger partial charge in [-0.3, -0.25) is 4.79 Å². The van der Waals surface area contributed by atoms with E-state index in [2.05, 4.69) is 0 Å². The van der Waals surface area contributed by atoms with E-state index in [0.29, 0.717) is 5.69 Å². The Bertz CT molecular complexity index is 648. The van der Waals surface area contributed by atoms with Gasteiger partial charge in [-0.25, -0.2) is 0 Å². The Morgan fingerprint density at radius 1 is 1.19 bits per heavy atom. The van der Waals surface area contributed by atoms with Crippen molar-refractivity contribution in [3.8, 4) is 5.75 Å². The zero-order valence-electron chi connectivity index (χ0n) is 12.1. The Labute approximate surface area is 124 Å². The first-order valence-corrected chi connectivity index (χ1v) is 6.55. The Kier molecular flexibility index (Phi) is 4.61. The summed E-state index contributed by atoms with van der Waals surface area (Å²) < 4.78 is 5.10. The van der Waals surface area contributed by atoms with Crippen molar-refractivity contribution >= 4 is 23.4 Å². The molecule has 108 valence electrons. The molecule has 0 bridgehead atoms. The smallest absolute Gasteiger partial charge is 0.250 e. The molecule has 2 aromatic carbocycles. The number of nitrogens with zero attached hydrogens (tertiary/aromatic N) is 1. The second kappa shape index (κ2) is 6.61. The summed E-state index contributed by atoms with van der Waals surface area (Å²) in [6, 6.07) is 14.7. The number of rotatable bonds is 4. The molecular weight excluding hydrogens is 264 g/mol. The molecule has 2 N–H and O–H groups in total. The first kappa shape index (κ1) is 14.7. The minimum absolute atomic E-state index is 0.109. The van der Waals surface area contributed by atoms with Crippen molar-refractivity contribution in [2.24, 2.45) is 0 Å². The van der Waals surface area contributed by atoms with E-state index in [1.54, 1.807) is 25.1 Å². The quantitative estimate of drug-likeness (QED) is 0.693. The summed E-state index contributed by atoms with van der Waals surface area (Å²) in [7, 11) is 3.34. The summed E-state index contributed by atoms with van der Waals surface area (Å²) in [5.74, 6) is 0.650. The fraction of sp³-hybridized carbons (Fsp3) is 0.118. The van der Waals surface area contributed by atoms with E-state index < -0.39 is 0 Å². The molecule has 2 rings (SSSR count). The number of amides is 1. The Morgan fingerprint density at radius 3 is 2.52 bits per heavy atom. The number of benzene rings is 2. The molecule has 0 aliphatic carbocycles. The van der Waals surface area contributed by atoms with Crippen LogP contribution in [0.2, 0.25) is 0 Å². The van der Waals surface area contributed by atoms with Crippen molar-refractivity contribution in [2.45, 2.75) is 0 Å². The number of anilines is 2. The van der Waals surface area contributed by atoms with Crippen molar-refractivity contribution in [1.29, 1.82) is 0 Å². The van der Waals surface area contributed by atoms with E-state index in [9.17, 15) is 4.79 Å². The minimum Gasteiger partial charge on any atom is -0.497 e. The van der Waals surface area contributed by atoms with E-state index in [-0.39, 0.29) is 5.91 Å². The van der Waals surface area contributed by atoms with Crippen LogP contribution in [0.3, 0.4) is 0 Å². The van der Waals surface area contributed by atoms with Crippen LogP contribution in [-0.2, 0) is 4.79 Å². The number of likely N-dealkylation sites (N-methyl/N-ethyl adjacent to an activating group) is 1. The van der Waals surface area contributed by atoms with Gasteiger partial charge in [0.05, 0.1) is 7.11 Å². The number of nitrogens with two attached hydrogens (primary N) is 1. The number of nitrogen functional groups attached to an aromatic ring is 1. The molecule has 0 spiro atoms.